The normalized spacial score (nSPS) is 18.7. The maximum Gasteiger partial charge on any atom is 2.00 e. The van der Waals surface area contributed by atoms with Gasteiger partial charge in [0.05, 0.1) is 0 Å². The maximum absolute atomic E-state index is 9.53. The van der Waals surface area contributed by atoms with Crippen molar-refractivity contribution in [2.45, 2.75) is 152 Å². The van der Waals surface area contributed by atoms with Crippen LogP contribution in [-0.4, -0.2) is 29.2 Å². The predicted molar refractivity (Wildman–Crippen MR) is 142 cm³/mol. The minimum absolute atomic E-state index is 0. The molecule has 0 aliphatic heterocycles. The third-order valence-electron chi connectivity index (χ3n) is 5.19. The second kappa shape index (κ2) is 18.8. The Morgan fingerprint density at radius 1 is 0.806 bits per heavy atom. The van der Waals surface area contributed by atoms with Crippen LogP contribution in [0.25, 0.3) is 0 Å². The van der Waals surface area contributed by atoms with Gasteiger partial charge in [0.2, 0.25) is 0 Å². The quantitative estimate of drug-likeness (QED) is 0.299. The summed E-state index contributed by atoms with van der Waals surface area (Å²) in [5.41, 5.74) is 3.98. The van der Waals surface area contributed by atoms with Crippen molar-refractivity contribution in [2.24, 2.45) is 16.2 Å². The van der Waals surface area contributed by atoms with Crippen molar-refractivity contribution in [2.75, 3.05) is 0 Å². The predicted octanol–water partition coefficient (Wildman–Crippen LogP) is 6.87. The van der Waals surface area contributed by atoms with E-state index in [9.17, 15) is 10.2 Å². The van der Waals surface area contributed by atoms with Gasteiger partial charge in [0.15, 0.2) is 0 Å². The van der Waals surface area contributed by atoms with Gasteiger partial charge in [0, 0.05) is 0 Å². The molecule has 2 nitrogen and oxygen atoms in total. The largest absolute Gasteiger partial charge is 2.00 e. The number of hydrogen-bond acceptors (Lipinski definition) is 2. The van der Waals surface area contributed by atoms with Gasteiger partial charge in [-0.2, -0.15) is 0 Å². The number of rotatable bonds is 2. The molecule has 0 amide bonds. The van der Waals surface area contributed by atoms with E-state index in [1.165, 1.54) is 25.7 Å². The first-order chi connectivity index (χ1) is 13.2. The molecule has 0 aromatic heterocycles. The van der Waals surface area contributed by atoms with E-state index >= 15 is 0 Å². The smallest absolute Gasteiger partial charge is 0.852 e. The van der Waals surface area contributed by atoms with Gasteiger partial charge in [-0.15, -0.1) is 30.0 Å². The van der Waals surface area contributed by atoms with E-state index in [0.717, 1.165) is 25.6 Å². The summed E-state index contributed by atoms with van der Waals surface area (Å²) >= 11 is 0. The summed E-state index contributed by atoms with van der Waals surface area (Å²) < 4.78 is 0. The van der Waals surface area contributed by atoms with Gasteiger partial charge in [-0.1, -0.05) is 103 Å². The average molecular weight is 513 g/mol. The summed E-state index contributed by atoms with van der Waals surface area (Å²) in [5, 5.41) is 19.1. The molecule has 3 unspecified atom stereocenters. The Hall–Kier alpha value is 1.49. The molecule has 0 saturated heterocycles. The molecule has 188 valence electrons. The topological polar surface area (TPSA) is 46.1 Å². The van der Waals surface area contributed by atoms with Crippen molar-refractivity contribution < 1.29 is 31.9 Å². The molecule has 0 aromatic rings. The molecule has 0 radical (unpaired) electrons. The molecule has 0 aromatic carbocycles. The van der Waals surface area contributed by atoms with Crippen molar-refractivity contribution in [1.29, 1.82) is 0 Å². The third kappa shape index (κ3) is 21.7. The van der Waals surface area contributed by atoms with Gasteiger partial charge in [-0.05, 0) is 52.5 Å². The first-order valence-corrected chi connectivity index (χ1v) is 13.8. The summed E-state index contributed by atoms with van der Waals surface area (Å²) in [6, 6.07) is 0. The van der Waals surface area contributed by atoms with Crippen molar-refractivity contribution >= 4 is 17.8 Å². The van der Waals surface area contributed by atoms with Crippen molar-refractivity contribution in [3.63, 3.8) is 0 Å². The maximum atomic E-state index is 9.53. The molecule has 1 aliphatic carbocycles. The Morgan fingerprint density at radius 2 is 1.10 bits per heavy atom. The van der Waals surface area contributed by atoms with E-state index in [-0.39, 0.29) is 21.7 Å². The number of hydrogen-bond donors (Lipinski definition) is 0. The van der Waals surface area contributed by atoms with Gasteiger partial charge in [0.25, 0.3) is 0 Å². The van der Waals surface area contributed by atoms with E-state index in [1.807, 2.05) is 0 Å². The zero-order valence-electron chi connectivity index (χ0n) is 23.6. The van der Waals surface area contributed by atoms with E-state index < -0.39 is 12.2 Å². The molecule has 0 bridgehead atoms. The zero-order valence-corrected chi connectivity index (χ0v) is 27.3. The third-order valence-corrected chi connectivity index (χ3v) is 6.82. The van der Waals surface area contributed by atoms with Gasteiger partial charge < -0.3 is 10.2 Å². The molecule has 5 heteroatoms. The van der Waals surface area contributed by atoms with Crippen LogP contribution in [0.5, 0.6) is 0 Å². The van der Waals surface area contributed by atoms with E-state index in [4.69, 9.17) is 0 Å². The second-order valence-corrected chi connectivity index (χ2v) is 15.7. The summed E-state index contributed by atoms with van der Waals surface area (Å²) in [4.78, 5) is 0. The van der Waals surface area contributed by atoms with Gasteiger partial charge in [0.1, 0.15) is 0 Å². The van der Waals surface area contributed by atoms with Crippen LogP contribution in [0, 0.1) is 16.2 Å². The Labute approximate surface area is 217 Å². The SMILES string of the molecule is CC(C)P.CC(C)PC1CCCC(C(C)(C)C)(C(C)(C)C)C1.CC(C)[O-].CC(C)[O-].[Ti+2]. The Bertz CT molecular complexity index is 361. The minimum atomic E-state index is -0.417. The molecule has 31 heavy (non-hydrogen) atoms. The van der Waals surface area contributed by atoms with Crippen molar-refractivity contribution in [3.8, 4) is 0 Å². The fraction of sp³-hybridized carbons (Fsp3) is 1.00. The van der Waals surface area contributed by atoms with Crippen LogP contribution in [0.2, 0.25) is 0 Å². The zero-order chi connectivity index (χ0) is 24.9. The Balaban J connectivity index is -0.000000232. The first-order valence-electron chi connectivity index (χ1n) is 12.0. The van der Waals surface area contributed by atoms with Crippen LogP contribution in [-0.2, 0) is 21.7 Å². The molecule has 1 rings (SSSR count). The Kier molecular flexibility index (Phi) is 24.0. The van der Waals surface area contributed by atoms with Crippen LogP contribution in [0.4, 0.5) is 0 Å². The molecule has 1 aliphatic rings. The summed E-state index contributed by atoms with van der Waals surface area (Å²) in [7, 11) is 3.82. The monoisotopic (exact) mass is 512 g/mol. The van der Waals surface area contributed by atoms with Crippen LogP contribution >= 0.6 is 17.8 Å². The molecular weight excluding hydrogens is 454 g/mol. The molecular formula is C26H58O2P2Ti. The summed E-state index contributed by atoms with van der Waals surface area (Å²) in [6.07, 6.45) is 4.97. The van der Waals surface area contributed by atoms with E-state index in [1.54, 1.807) is 27.7 Å². The van der Waals surface area contributed by atoms with Crippen LogP contribution < -0.4 is 10.2 Å². The van der Waals surface area contributed by atoms with Crippen molar-refractivity contribution in [1.82, 2.24) is 0 Å². The summed E-state index contributed by atoms with van der Waals surface area (Å²) in [5.74, 6) is 0. The van der Waals surface area contributed by atoms with Gasteiger partial charge in [-0.25, -0.2) is 0 Å². The minimum Gasteiger partial charge on any atom is -0.852 e. The van der Waals surface area contributed by atoms with E-state index in [0.29, 0.717) is 16.2 Å². The average Bonchev–Trinajstić information content (AvgIpc) is 2.42. The van der Waals surface area contributed by atoms with Gasteiger partial charge >= 0.3 is 21.7 Å². The van der Waals surface area contributed by atoms with E-state index in [2.05, 4.69) is 78.5 Å². The van der Waals surface area contributed by atoms with Crippen LogP contribution in [0.15, 0.2) is 0 Å². The molecule has 1 fully saturated rings. The molecule has 1 saturated carbocycles. The molecule has 0 N–H and O–H groups in total. The van der Waals surface area contributed by atoms with Crippen LogP contribution in [0.1, 0.15) is 123 Å². The molecule has 0 spiro atoms. The van der Waals surface area contributed by atoms with Gasteiger partial charge in [-0.3, -0.25) is 0 Å². The standard InChI is InChI=1S/C17H35P.2C3H7O.C3H9P.Ti/c1-13(2)18-14-10-9-11-17(12-14,15(3,4)5)16(6,7)8;3*1-3(2)4;/h13-14,18H,9-12H2,1-8H3;2*3H,1-2H3;3H,4H2,1-2H3;/q;2*-1;;+2. The van der Waals surface area contributed by atoms with Crippen molar-refractivity contribution in [3.05, 3.63) is 0 Å². The molecule has 0 heterocycles. The summed E-state index contributed by atoms with van der Waals surface area (Å²) in [6.45, 7) is 30.3. The second-order valence-electron chi connectivity index (χ2n) is 12.0. The van der Waals surface area contributed by atoms with Crippen LogP contribution in [0.3, 0.4) is 0 Å². The molecule has 3 atom stereocenters. The fourth-order valence-corrected chi connectivity index (χ4v) is 6.16. The Morgan fingerprint density at radius 3 is 1.32 bits per heavy atom. The fourth-order valence-electron chi connectivity index (χ4n) is 4.38. The first kappa shape index (κ1) is 39.7.